The summed E-state index contributed by atoms with van der Waals surface area (Å²) < 4.78 is 5.55. The number of nitrogens with one attached hydrogen (secondary N) is 1. The van der Waals surface area contributed by atoms with Gasteiger partial charge in [-0.25, -0.2) is 15.0 Å². The molecule has 0 saturated heterocycles. The Hall–Kier alpha value is -1.95. The summed E-state index contributed by atoms with van der Waals surface area (Å²) in [6.45, 7) is 3.92. The van der Waals surface area contributed by atoms with E-state index in [0.29, 0.717) is 5.71 Å². The van der Waals surface area contributed by atoms with Crippen LogP contribution >= 0.6 is 11.3 Å². The third kappa shape index (κ3) is 1.66. The highest BCUT2D eigenvalue weighted by Crippen LogP contribution is 2.30. The lowest BCUT2D eigenvalue weighted by Gasteiger charge is -2.02. The van der Waals surface area contributed by atoms with Gasteiger partial charge in [0.1, 0.15) is 17.9 Å². The molecule has 0 aliphatic carbocycles. The van der Waals surface area contributed by atoms with E-state index in [0.717, 1.165) is 27.7 Å². The van der Waals surface area contributed by atoms with Crippen molar-refractivity contribution in [3.05, 3.63) is 29.2 Å². The number of anilines is 2. The molecule has 0 aromatic carbocycles. The summed E-state index contributed by atoms with van der Waals surface area (Å²) in [6, 6.07) is 0. The molecule has 3 rings (SSSR count). The minimum atomic E-state index is 0.606. The fraction of sp³-hybridized carbons (Fsp3) is 0.182. The van der Waals surface area contributed by atoms with Gasteiger partial charge in [-0.15, -0.1) is 11.3 Å². The molecular weight excluding hydrogens is 236 g/mol. The van der Waals surface area contributed by atoms with Gasteiger partial charge in [-0.2, -0.15) is 0 Å². The highest BCUT2D eigenvalue weighted by molar-refractivity contribution is 7.13. The predicted octanol–water partition coefficient (Wildman–Crippen LogP) is 3.04. The normalized spacial score (nSPS) is 10.9. The van der Waals surface area contributed by atoms with Crippen LogP contribution in [0.1, 0.15) is 11.3 Å². The molecule has 0 bridgehead atoms. The van der Waals surface area contributed by atoms with Crippen molar-refractivity contribution in [3.8, 4) is 0 Å². The Labute approximate surface area is 102 Å². The van der Waals surface area contributed by atoms with Crippen LogP contribution in [0.2, 0.25) is 0 Å². The van der Waals surface area contributed by atoms with Crippen molar-refractivity contribution in [2.24, 2.45) is 0 Å². The van der Waals surface area contributed by atoms with Crippen molar-refractivity contribution >= 4 is 33.4 Å². The van der Waals surface area contributed by atoms with Crippen LogP contribution in [0.5, 0.6) is 0 Å². The number of rotatable bonds is 2. The number of fused-ring (bicyclic) bond motifs is 1. The van der Waals surface area contributed by atoms with E-state index in [9.17, 15) is 0 Å². The maximum Gasteiger partial charge on any atom is 0.231 e. The maximum absolute atomic E-state index is 5.55. The molecule has 5 nitrogen and oxygen atoms in total. The second kappa shape index (κ2) is 3.81. The molecule has 17 heavy (non-hydrogen) atoms. The second-order valence-corrected chi connectivity index (χ2v) is 4.54. The molecule has 0 atom stereocenters. The Kier molecular flexibility index (Phi) is 2.29. The van der Waals surface area contributed by atoms with E-state index in [1.165, 1.54) is 17.7 Å². The van der Waals surface area contributed by atoms with Crippen LogP contribution < -0.4 is 5.32 Å². The highest BCUT2D eigenvalue weighted by atomic mass is 32.1. The second-order valence-electron chi connectivity index (χ2n) is 3.65. The SMILES string of the molecule is Cc1oc2ncnc(Nc3nccs3)c2c1C. The van der Waals surface area contributed by atoms with Crippen LogP contribution in [0.4, 0.5) is 10.9 Å². The number of furan rings is 1. The molecule has 0 aliphatic rings. The Balaban J connectivity index is 2.16. The molecule has 1 N–H and O–H groups in total. The quantitative estimate of drug-likeness (QED) is 0.753. The molecule has 0 radical (unpaired) electrons. The van der Waals surface area contributed by atoms with Crippen LogP contribution in [0.25, 0.3) is 11.1 Å². The molecule has 6 heteroatoms. The molecule has 0 saturated carbocycles. The molecule has 3 aromatic rings. The van der Waals surface area contributed by atoms with Crippen molar-refractivity contribution < 1.29 is 4.42 Å². The van der Waals surface area contributed by atoms with Gasteiger partial charge in [0.15, 0.2) is 5.13 Å². The predicted molar refractivity (Wildman–Crippen MR) is 66.7 cm³/mol. The van der Waals surface area contributed by atoms with Crippen molar-refractivity contribution in [2.45, 2.75) is 13.8 Å². The fourth-order valence-corrected chi connectivity index (χ4v) is 2.19. The van der Waals surface area contributed by atoms with E-state index in [4.69, 9.17) is 4.42 Å². The topological polar surface area (TPSA) is 63.8 Å². The Morgan fingerprint density at radius 2 is 2.12 bits per heavy atom. The smallest absolute Gasteiger partial charge is 0.231 e. The summed E-state index contributed by atoms with van der Waals surface area (Å²) in [4.78, 5) is 12.5. The van der Waals surface area contributed by atoms with Crippen molar-refractivity contribution in [2.75, 3.05) is 5.32 Å². The first-order valence-electron chi connectivity index (χ1n) is 5.13. The standard InChI is InChI=1S/C11H10N4OS/c1-6-7(2)16-10-8(6)9(13-5-14-10)15-11-12-3-4-17-11/h3-5H,1-2H3,(H,12,13,14,15). The van der Waals surface area contributed by atoms with Gasteiger partial charge in [0.05, 0.1) is 5.39 Å². The minimum absolute atomic E-state index is 0.606. The summed E-state index contributed by atoms with van der Waals surface area (Å²) >= 11 is 1.53. The molecule has 0 spiro atoms. The van der Waals surface area contributed by atoms with Crippen molar-refractivity contribution in [1.82, 2.24) is 15.0 Å². The number of aromatic nitrogens is 3. The first kappa shape index (κ1) is 10.2. The summed E-state index contributed by atoms with van der Waals surface area (Å²) in [7, 11) is 0. The Morgan fingerprint density at radius 1 is 1.24 bits per heavy atom. The van der Waals surface area contributed by atoms with Crippen molar-refractivity contribution in [1.29, 1.82) is 0 Å². The molecular formula is C11H10N4OS. The lowest BCUT2D eigenvalue weighted by Crippen LogP contribution is -1.94. The summed E-state index contributed by atoms with van der Waals surface area (Å²) in [5.41, 5.74) is 1.66. The van der Waals surface area contributed by atoms with Gasteiger partial charge in [0.25, 0.3) is 0 Å². The maximum atomic E-state index is 5.55. The summed E-state index contributed by atoms with van der Waals surface area (Å²) in [6.07, 6.45) is 3.24. The van der Waals surface area contributed by atoms with Crippen molar-refractivity contribution in [3.63, 3.8) is 0 Å². The Morgan fingerprint density at radius 3 is 2.88 bits per heavy atom. The van der Waals surface area contributed by atoms with Crippen LogP contribution in [0.3, 0.4) is 0 Å². The van der Waals surface area contributed by atoms with Gasteiger partial charge < -0.3 is 9.73 Å². The number of nitrogens with zero attached hydrogens (tertiary/aromatic N) is 3. The van der Waals surface area contributed by atoms with Gasteiger partial charge in [-0.05, 0) is 13.8 Å². The zero-order chi connectivity index (χ0) is 11.8. The van der Waals surface area contributed by atoms with Gasteiger partial charge >= 0.3 is 0 Å². The summed E-state index contributed by atoms with van der Waals surface area (Å²) in [5.74, 6) is 1.60. The fourth-order valence-electron chi connectivity index (χ4n) is 1.66. The lowest BCUT2D eigenvalue weighted by molar-refractivity contribution is 0.564. The van der Waals surface area contributed by atoms with E-state index in [1.54, 1.807) is 6.20 Å². The van der Waals surface area contributed by atoms with Gasteiger partial charge in [-0.1, -0.05) is 0 Å². The number of hydrogen-bond donors (Lipinski definition) is 1. The van der Waals surface area contributed by atoms with Gasteiger partial charge in [0, 0.05) is 17.1 Å². The largest absolute Gasteiger partial charge is 0.443 e. The average Bonchev–Trinajstić information content (AvgIpc) is 2.90. The molecule has 0 unspecified atom stereocenters. The zero-order valence-corrected chi connectivity index (χ0v) is 10.2. The van der Waals surface area contributed by atoms with E-state index in [1.807, 2.05) is 19.2 Å². The first-order chi connectivity index (χ1) is 8.25. The van der Waals surface area contributed by atoms with E-state index in [-0.39, 0.29) is 0 Å². The van der Waals surface area contributed by atoms with Crippen LogP contribution in [0.15, 0.2) is 22.3 Å². The molecule has 3 heterocycles. The van der Waals surface area contributed by atoms with E-state index < -0.39 is 0 Å². The molecule has 0 aliphatic heterocycles. The average molecular weight is 246 g/mol. The first-order valence-corrected chi connectivity index (χ1v) is 6.01. The third-order valence-electron chi connectivity index (χ3n) is 2.62. The van der Waals surface area contributed by atoms with E-state index >= 15 is 0 Å². The minimum Gasteiger partial charge on any atom is -0.443 e. The highest BCUT2D eigenvalue weighted by Gasteiger charge is 2.13. The monoisotopic (exact) mass is 246 g/mol. The molecule has 86 valence electrons. The number of hydrogen-bond acceptors (Lipinski definition) is 6. The number of thiazole rings is 1. The van der Waals surface area contributed by atoms with E-state index in [2.05, 4.69) is 20.3 Å². The zero-order valence-electron chi connectivity index (χ0n) is 9.39. The number of aryl methyl sites for hydroxylation is 2. The van der Waals surface area contributed by atoms with Crippen LogP contribution in [0, 0.1) is 13.8 Å². The molecule has 0 fully saturated rings. The Bertz CT molecular complexity index is 659. The van der Waals surface area contributed by atoms with Gasteiger partial charge in [-0.3, -0.25) is 0 Å². The van der Waals surface area contributed by atoms with Gasteiger partial charge in [0.2, 0.25) is 5.71 Å². The molecule has 0 amide bonds. The van der Waals surface area contributed by atoms with Crippen LogP contribution in [-0.2, 0) is 0 Å². The molecule has 3 aromatic heterocycles. The third-order valence-corrected chi connectivity index (χ3v) is 3.31. The lowest BCUT2D eigenvalue weighted by atomic mass is 10.2. The summed E-state index contributed by atoms with van der Waals surface area (Å²) in [5, 5.41) is 6.81. The van der Waals surface area contributed by atoms with Crippen LogP contribution in [-0.4, -0.2) is 15.0 Å².